The zero-order valence-corrected chi connectivity index (χ0v) is 9.27. The molecule has 0 N–H and O–H groups in total. The highest BCUT2D eigenvalue weighted by atomic mass is 16.5. The van der Waals surface area contributed by atoms with Gasteiger partial charge in [0.2, 0.25) is 0 Å². The van der Waals surface area contributed by atoms with Gasteiger partial charge in [-0.25, -0.2) is 0 Å². The van der Waals surface area contributed by atoms with Crippen LogP contribution in [-0.4, -0.2) is 6.10 Å². The van der Waals surface area contributed by atoms with Gasteiger partial charge in [-0.05, 0) is 31.9 Å². The Hall–Kier alpha value is -1.67. The van der Waals surface area contributed by atoms with Gasteiger partial charge in [-0.3, -0.25) is 0 Å². The highest BCUT2D eigenvalue weighted by Crippen LogP contribution is 2.25. The van der Waals surface area contributed by atoms with Gasteiger partial charge in [0.25, 0.3) is 0 Å². The van der Waals surface area contributed by atoms with Crippen molar-refractivity contribution in [2.45, 2.75) is 33.4 Å². The lowest BCUT2D eigenvalue weighted by atomic mass is 10.1. The summed E-state index contributed by atoms with van der Waals surface area (Å²) in [4.78, 5) is 2.75. The fraction of sp³-hybridized carbons (Fsp3) is 0.455. The highest BCUT2D eigenvalue weighted by Gasteiger charge is 2.07. The van der Waals surface area contributed by atoms with Crippen LogP contribution in [0.2, 0.25) is 0 Å². The molecule has 0 radical (unpaired) electrons. The molecule has 0 aromatic heterocycles. The molecular weight excluding hydrogens is 190 g/mol. The van der Waals surface area contributed by atoms with Crippen molar-refractivity contribution in [3.8, 4) is 5.75 Å². The molecule has 1 rings (SSSR count). The average Bonchev–Trinajstić information content (AvgIpc) is 2.18. The molecule has 0 aliphatic heterocycles. The Morgan fingerprint density at radius 3 is 2.80 bits per heavy atom. The first kappa shape index (κ1) is 11.4. The minimum atomic E-state index is 0.121. The predicted octanol–water partition coefficient (Wildman–Crippen LogP) is 3.59. The van der Waals surface area contributed by atoms with Crippen molar-refractivity contribution in [1.82, 2.24) is 0 Å². The van der Waals surface area contributed by atoms with E-state index >= 15 is 0 Å². The van der Waals surface area contributed by atoms with E-state index in [0.717, 1.165) is 16.9 Å². The van der Waals surface area contributed by atoms with E-state index in [1.54, 1.807) is 0 Å². The summed E-state index contributed by atoms with van der Waals surface area (Å²) in [5.74, 6) is 0.833. The van der Waals surface area contributed by atoms with Crippen LogP contribution in [0, 0.1) is 6.92 Å². The molecule has 0 heterocycles. The van der Waals surface area contributed by atoms with Gasteiger partial charge < -0.3 is 4.74 Å². The van der Waals surface area contributed by atoms with Gasteiger partial charge in [0, 0.05) is 10.5 Å². The van der Waals surface area contributed by atoms with Crippen molar-refractivity contribution in [3.05, 3.63) is 39.8 Å². The van der Waals surface area contributed by atoms with Crippen LogP contribution in [0.25, 0.3) is 10.4 Å². The van der Waals surface area contributed by atoms with Crippen LogP contribution in [0.4, 0.5) is 0 Å². The monoisotopic (exact) mass is 205 g/mol. The summed E-state index contributed by atoms with van der Waals surface area (Å²) in [6.07, 6.45) is 0.121. The third kappa shape index (κ3) is 3.18. The minimum Gasteiger partial charge on any atom is -0.490 e. The zero-order chi connectivity index (χ0) is 11.3. The fourth-order valence-electron chi connectivity index (χ4n) is 1.35. The van der Waals surface area contributed by atoms with E-state index in [4.69, 9.17) is 10.3 Å². The van der Waals surface area contributed by atoms with Gasteiger partial charge in [-0.2, -0.15) is 0 Å². The van der Waals surface area contributed by atoms with Gasteiger partial charge in [-0.15, -0.1) is 0 Å². The number of hydrogen-bond acceptors (Lipinski definition) is 2. The number of ether oxygens (including phenoxy) is 1. The Morgan fingerprint density at radius 2 is 2.20 bits per heavy atom. The molecule has 0 atom stereocenters. The van der Waals surface area contributed by atoms with Gasteiger partial charge in [-0.1, -0.05) is 23.3 Å². The van der Waals surface area contributed by atoms with E-state index in [1.807, 2.05) is 39.0 Å². The van der Waals surface area contributed by atoms with Crippen LogP contribution in [-0.2, 0) is 6.54 Å². The maximum Gasteiger partial charge on any atom is 0.125 e. The molecule has 0 bridgehead atoms. The molecule has 0 aliphatic carbocycles. The lowest BCUT2D eigenvalue weighted by Crippen LogP contribution is -2.08. The number of benzene rings is 1. The number of hydrogen-bond donors (Lipinski definition) is 0. The second-order valence-corrected chi connectivity index (χ2v) is 3.62. The molecule has 0 saturated heterocycles. The molecule has 1 aromatic carbocycles. The molecule has 15 heavy (non-hydrogen) atoms. The molecule has 0 amide bonds. The van der Waals surface area contributed by atoms with Gasteiger partial charge in [0.1, 0.15) is 5.75 Å². The summed E-state index contributed by atoms with van der Waals surface area (Å²) >= 11 is 0. The minimum absolute atomic E-state index is 0.121. The summed E-state index contributed by atoms with van der Waals surface area (Å²) < 4.78 is 5.69. The largest absolute Gasteiger partial charge is 0.490 e. The Kier molecular flexibility index (Phi) is 4.01. The Bertz CT molecular complexity index is 381. The molecule has 4 nitrogen and oxygen atoms in total. The lowest BCUT2D eigenvalue weighted by Gasteiger charge is -2.15. The van der Waals surface area contributed by atoms with E-state index in [2.05, 4.69) is 10.0 Å². The molecule has 0 aliphatic rings. The normalized spacial score (nSPS) is 9.87. The fourth-order valence-corrected chi connectivity index (χ4v) is 1.35. The maximum atomic E-state index is 8.29. The van der Waals surface area contributed by atoms with Crippen LogP contribution >= 0.6 is 0 Å². The van der Waals surface area contributed by atoms with Crippen molar-refractivity contribution < 1.29 is 4.74 Å². The molecule has 0 fully saturated rings. The highest BCUT2D eigenvalue weighted by molar-refractivity contribution is 5.40. The lowest BCUT2D eigenvalue weighted by molar-refractivity contribution is 0.238. The van der Waals surface area contributed by atoms with Crippen LogP contribution in [0.1, 0.15) is 25.0 Å². The molecule has 0 spiro atoms. The maximum absolute atomic E-state index is 8.29. The number of aryl methyl sites for hydroxylation is 1. The predicted molar refractivity (Wildman–Crippen MR) is 59.8 cm³/mol. The van der Waals surface area contributed by atoms with E-state index in [-0.39, 0.29) is 6.10 Å². The van der Waals surface area contributed by atoms with Crippen LogP contribution in [0.15, 0.2) is 23.3 Å². The van der Waals surface area contributed by atoms with E-state index < -0.39 is 0 Å². The summed E-state index contributed by atoms with van der Waals surface area (Å²) in [6.45, 7) is 6.27. The summed E-state index contributed by atoms with van der Waals surface area (Å²) in [5, 5.41) is 3.55. The Morgan fingerprint density at radius 1 is 1.47 bits per heavy atom. The van der Waals surface area contributed by atoms with E-state index in [9.17, 15) is 0 Å². The molecule has 0 saturated carbocycles. The molecule has 0 unspecified atom stereocenters. The smallest absolute Gasteiger partial charge is 0.125 e. The SMILES string of the molecule is Cc1cccc(CN=[N+]=[N-])c1OC(C)C. The van der Waals surface area contributed by atoms with Crippen molar-refractivity contribution in [3.63, 3.8) is 0 Å². The second-order valence-electron chi connectivity index (χ2n) is 3.62. The molecular formula is C11H15N3O. The number of para-hydroxylation sites is 1. The standard InChI is InChI=1S/C11H15N3O/c1-8(2)15-11-9(3)5-4-6-10(11)7-13-14-12/h4-6,8H,7H2,1-3H3. The van der Waals surface area contributed by atoms with Crippen molar-refractivity contribution in [1.29, 1.82) is 0 Å². The van der Waals surface area contributed by atoms with Gasteiger partial charge in [0.15, 0.2) is 0 Å². The number of azide groups is 1. The van der Waals surface area contributed by atoms with Crippen molar-refractivity contribution in [2.75, 3.05) is 0 Å². The first-order valence-electron chi connectivity index (χ1n) is 4.91. The van der Waals surface area contributed by atoms with Gasteiger partial charge in [0.05, 0.1) is 12.6 Å². The quantitative estimate of drug-likeness (QED) is 0.421. The molecule has 1 aromatic rings. The third-order valence-electron chi connectivity index (χ3n) is 1.95. The summed E-state index contributed by atoms with van der Waals surface area (Å²) in [7, 11) is 0. The van der Waals surface area contributed by atoms with Crippen LogP contribution in [0.3, 0.4) is 0 Å². The van der Waals surface area contributed by atoms with Gasteiger partial charge >= 0.3 is 0 Å². The van der Waals surface area contributed by atoms with E-state index in [1.165, 1.54) is 0 Å². The Balaban J connectivity index is 3.02. The topological polar surface area (TPSA) is 58.0 Å². The van der Waals surface area contributed by atoms with Crippen molar-refractivity contribution >= 4 is 0 Å². The summed E-state index contributed by atoms with van der Waals surface area (Å²) in [5.41, 5.74) is 10.3. The van der Waals surface area contributed by atoms with Crippen LogP contribution < -0.4 is 4.74 Å². The summed E-state index contributed by atoms with van der Waals surface area (Å²) in [6, 6.07) is 5.83. The first-order chi connectivity index (χ1) is 7.15. The van der Waals surface area contributed by atoms with E-state index in [0.29, 0.717) is 6.54 Å². The zero-order valence-electron chi connectivity index (χ0n) is 9.27. The molecule has 80 valence electrons. The average molecular weight is 205 g/mol. The molecule has 4 heteroatoms. The third-order valence-corrected chi connectivity index (χ3v) is 1.95. The number of nitrogens with zero attached hydrogens (tertiary/aromatic N) is 3. The second kappa shape index (κ2) is 5.27. The van der Waals surface area contributed by atoms with Crippen molar-refractivity contribution in [2.24, 2.45) is 5.11 Å². The first-order valence-corrected chi connectivity index (χ1v) is 4.91. The number of rotatable bonds is 4. The van der Waals surface area contributed by atoms with Crippen LogP contribution in [0.5, 0.6) is 5.75 Å². The Labute approximate surface area is 89.5 Å².